The number of nitrogens with zero attached hydrogens (tertiary/aromatic N) is 1. The number of hydrogen-bond acceptors (Lipinski definition) is 4. The highest BCUT2D eigenvalue weighted by atomic mass is 19.1. The number of benzene rings is 2. The Bertz CT molecular complexity index is 838. The van der Waals surface area contributed by atoms with Gasteiger partial charge in [0.2, 0.25) is 0 Å². The fourth-order valence-corrected chi connectivity index (χ4v) is 4.95. The minimum absolute atomic E-state index is 0.0797. The van der Waals surface area contributed by atoms with Gasteiger partial charge in [-0.3, -0.25) is 4.90 Å². The highest BCUT2D eigenvalue weighted by Gasteiger charge is 2.48. The van der Waals surface area contributed by atoms with Gasteiger partial charge in [-0.25, -0.2) is 4.39 Å². The summed E-state index contributed by atoms with van der Waals surface area (Å²) in [5, 5.41) is 11.3. The van der Waals surface area contributed by atoms with Crippen molar-refractivity contribution in [2.45, 2.75) is 69.9 Å². The molecular weight excluding hydrogens is 369 g/mol. The standard InChI is InChI=1S/C24H30FNO3/c1-16(2)29-23-12-17(4-11-22(23)28-3)15-26-20-9-10-21(26)14-24(27,13-20)18-5-7-19(25)8-6-18/h4-8,11-12,16,20-21,27H,9-10,13-15H2,1-3H3/t20-,21+,24?. The molecule has 2 bridgehead atoms. The van der Waals surface area contributed by atoms with Crippen LogP contribution >= 0.6 is 0 Å². The number of methoxy groups -OCH3 is 1. The molecule has 4 rings (SSSR count). The SMILES string of the molecule is COc1ccc(CN2[C@@H]3CC[C@H]2CC(O)(c2ccc(F)cc2)C3)cc1OC(C)C. The van der Waals surface area contributed by atoms with Crippen LogP contribution in [0.15, 0.2) is 42.5 Å². The first-order chi connectivity index (χ1) is 13.9. The molecule has 5 heteroatoms. The third kappa shape index (κ3) is 4.12. The lowest BCUT2D eigenvalue weighted by Gasteiger charge is -2.44. The molecular formula is C24H30FNO3. The van der Waals surface area contributed by atoms with Gasteiger partial charge in [0, 0.05) is 18.6 Å². The molecule has 3 atom stereocenters. The van der Waals surface area contributed by atoms with Crippen molar-refractivity contribution in [3.05, 3.63) is 59.4 Å². The van der Waals surface area contributed by atoms with Gasteiger partial charge < -0.3 is 14.6 Å². The highest BCUT2D eigenvalue weighted by Crippen LogP contribution is 2.46. The summed E-state index contributed by atoms with van der Waals surface area (Å²) in [4.78, 5) is 2.51. The zero-order valence-corrected chi connectivity index (χ0v) is 17.4. The molecule has 2 aliphatic heterocycles. The predicted molar refractivity (Wildman–Crippen MR) is 111 cm³/mol. The average Bonchev–Trinajstić information content (AvgIpc) is 2.92. The number of hydrogen-bond donors (Lipinski definition) is 1. The van der Waals surface area contributed by atoms with Crippen LogP contribution in [-0.4, -0.2) is 35.3 Å². The Morgan fingerprint density at radius 3 is 2.31 bits per heavy atom. The van der Waals surface area contributed by atoms with Gasteiger partial charge in [0.15, 0.2) is 11.5 Å². The molecule has 0 saturated carbocycles. The van der Waals surface area contributed by atoms with Crippen molar-refractivity contribution >= 4 is 0 Å². The molecule has 0 amide bonds. The van der Waals surface area contributed by atoms with E-state index in [-0.39, 0.29) is 11.9 Å². The second kappa shape index (κ2) is 7.96. The van der Waals surface area contributed by atoms with E-state index in [1.807, 2.05) is 19.9 Å². The second-order valence-electron chi connectivity index (χ2n) is 8.66. The van der Waals surface area contributed by atoms with Crippen molar-refractivity contribution in [1.29, 1.82) is 0 Å². The Hall–Kier alpha value is -2.11. The molecule has 2 saturated heterocycles. The molecule has 1 N–H and O–H groups in total. The van der Waals surface area contributed by atoms with Crippen LogP contribution in [0.1, 0.15) is 50.7 Å². The summed E-state index contributed by atoms with van der Waals surface area (Å²) in [5.41, 5.74) is 1.14. The third-order valence-corrected chi connectivity index (χ3v) is 6.26. The monoisotopic (exact) mass is 399 g/mol. The minimum atomic E-state index is -0.873. The second-order valence-corrected chi connectivity index (χ2v) is 8.66. The first kappa shape index (κ1) is 20.2. The molecule has 156 valence electrons. The van der Waals surface area contributed by atoms with Crippen LogP contribution in [0.3, 0.4) is 0 Å². The maximum Gasteiger partial charge on any atom is 0.161 e. The number of ether oxygens (including phenoxy) is 2. The van der Waals surface area contributed by atoms with E-state index < -0.39 is 5.60 Å². The van der Waals surface area contributed by atoms with Gasteiger partial charge in [-0.1, -0.05) is 18.2 Å². The van der Waals surface area contributed by atoms with Gasteiger partial charge in [-0.05, 0) is 74.9 Å². The van der Waals surface area contributed by atoms with Crippen LogP contribution in [0.25, 0.3) is 0 Å². The van der Waals surface area contributed by atoms with E-state index in [2.05, 4.69) is 17.0 Å². The van der Waals surface area contributed by atoms with Crippen molar-refractivity contribution in [2.75, 3.05) is 7.11 Å². The summed E-state index contributed by atoms with van der Waals surface area (Å²) in [5.74, 6) is 1.25. The molecule has 2 fully saturated rings. The molecule has 2 aromatic carbocycles. The summed E-state index contributed by atoms with van der Waals surface area (Å²) in [6.45, 7) is 4.84. The Morgan fingerprint density at radius 2 is 1.72 bits per heavy atom. The molecule has 29 heavy (non-hydrogen) atoms. The highest BCUT2D eigenvalue weighted by molar-refractivity contribution is 5.43. The topological polar surface area (TPSA) is 41.9 Å². The summed E-state index contributed by atoms with van der Waals surface area (Å²) in [6, 6.07) is 13.1. The summed E-state index contributed by atoms with van der Waals surface area (Å²) >= 11 is 0. The van der Waals surface area contributed by atoms with Crippen molar-refractivity contribution < 1.29 is 19.0 Å². The lowest BCUT2D eigenvalue weighted by Crippen LogP contribution is -2.49. The van der Waals surface area contributed by atoms with Crippen molar-refractivity contribution in [2.24, 2.45) is 0 Å². The Balaban J connectivity index is 1.51. The summed E-state index contributed by atoms with van der Waals surface area (Å²) in [6.07, 6.45) is 3.61. The number of rotatable bonds is 6. The van der Waals surface area contributed by atoms with Crippen LogP contribution in [0.4, 0.5) is 4.39 Å². The smallest absolute Gasteiger partial charge is 0.161 e. The largest absolute Gasteiger partial charge is 0.493 e. The van der Waals surface area contributed by atoms with Gasteiger partial charge in [-0.2, -0.15) is 0 Å². The van der Waals surface area contributed by atoms with Crippen LogP contribution < -0.4 is 9.47 Å². The summed E-state index contributed by atoms with van der Waals surface area (Å²) < 4.78 is 24.7. The maximum atomic E-state index is 13.3. The molecule has 0 aromatic heterocycles. The maximum absolute atomic E-state index is 13.3. The van der Waals surface area contributed by atoms with Crippen LogP contribution in [0, 0.1) is 5.82 Å². The van der Waals surface area contributed by atoms with Gasteiger partial charge in [-0.15, -0.1) is 0 Å². The number of piperidine rings is 1. The lowest BCUT2D eigenvalue weighted by molar-refractivity contribution is -0.0595. The first-order valence-electron chi connectivity index (χ1n) is 10.5. The molecule has 2 heterocycles. The third-order valence-electron chi connectivity index (χ3n) is 6.26. The summed E-state index contributed by atoms with van der Waals surface area (Å²) in [7, 11) is 1.66. The Labute approximate surface area is 172 Å². The van der Waals surface area contributed by atoms with Gasteiger partial charge in [0.1, 0.15) is 5.82 Å². The van der Waals surface area contributed by atoms with Crippen molar-refractivity contribution in [3.63, 3.8) is 0 Å². The fourth-order valence-electron chi connectivity index (χ4n) is 4.95. The van der Waals surface area contributed by atoms with Crippen LogP contribution in [-0.2, 0) is 12.1 Å². The molecule has 2 aliphatic rings. The first-order valence-corrected chi connectivity index (χ1v) is 10.5. The number of halogens is 1. The van der Waals surface area contributed by atoms with E-state index in [1.165, 1.54) is 17.7 Å². The van der Waals surface area contributed by atoms with E-state index in [4.69, 9.17) is 9.47 Å². The minimum Gasteiger partial charge on any atom is -0.493 e. The quantitative estimate of drug-likeness (QED) is 0.769. The van der Waals surface area contributed by atoms with E-state index in [9.17, 15) is 9.50 Å². The van der Waals surface area contributed by atoms with Crippen molar-refractivity contribution in [1.82, 2.24) is 4.90 Å². The lowest BCUT2D eigenvalue weighted by atomic mass is 9.80. The van der Waals surface area contributed by atoms with Crippen molar-refractivity contribution in [3.8, 4) is 11.5 Å². The Morgan fingerprint density at radius 1 is 1.07 bits per heavy atom. The normalized spacial score (nSPS) is 26.7. The molecule has 2 aromatic rings. The predicted octanol–water partition coefficient (Wildman–Crippen LogP) is 4.64. The van der Waals surface area contributed by atoms with E-state index in [1.54, 1.807) is 19.2 Å². The van der Waals surface area contributed by atoms with Gasteiger partial charge in [0.25, 0.3) is 0 Å². The van der Waals surface area contributed by atoms with E-state index >= 15 is 0 Å². The van der Waals surface area contributed by atoms with E-state index in [0.717, 1.165) is 36.4 Å². The zero-order chi connectivity index (χ0) is 20.6. The molecule has 0 spiro atoms. The molecule has 1 unspecified atom stereocenters. The molecule has 0 aliphatic carbocycles. The number of fused-ring (bicyclic) bond motifs is 2. The Kier molecular flexibility index (Phi) is 5.54. The van der Waals surface area contributed by atoms with E-state index in [0.29, 0.717) is 24.9 Å². The van der Waals surface area contributed by atoms with Crippen LogP contribution in [0.2, 0.25) is 0 Å². The fraction of sp³-hybridized carbons (Fsp3) is 0.500. The van der Waals surface area contributed by atoms with Gasteiger partial charge in [0.05, 0.1) is 18.8 Å². The zero-order valence-electron chi connectivity index (χ0n) is 17.4. The average molecular weight is 400 g/mol. The van der Waals surface area contributed by atoms with Crippen LogP contribution in [0.5, 0.6) is 11.5 Å². The molecule has 0 radical (unpaired) electrons. The van der Waals surface area contributed by atoms with Gasteiger partial charge >= 0.3 is 0 Å². The number of aliphatic hydroxyl groups is 1. The molecule has 4 nitrogen and oxygen atoms in total.